The van der Waals surface area contributed by atoms with Crippen molar-refractivity contribution in [2.24, 2.45) is 0 Å². The summed E-state index contributed by atoms with van der Waals surface area (Å²) >= 11 is 0. The number of amides is 1. The number of carbonyl (C=O) groups excluding carboxylic acids is 1. The maximum absolute atomic E-state index is 11.6. The predicted molar refractivity (Wildman–Crippen MR) is 73.6 cm³/mol. The second-order valence-electron chi connectivity index (χ2n) is 5.60. The fourth-order valence-corrected chi connectivity index (χ4v) is 3.08. The Hall–Kier alpha value is -0.610. The molecule has 0 aromatic heterocycles. The van der Waals surface area contributed by atoms with Gasteiger partial charge in [0.05, 0.1) is 6.54 Å². The number of piperazine rings is 1. The molecular formula is C14H27N3O. The fraction of sp³-hybridized carbons (Fsp3) is 0.929. The fourth-order valence-electron chi connectivity index (χ4n) is 3.08. The molecule has 0 radical (unpaired) electrons. The zero-order valence-corrected chi connectivity index (χ0v) is 11.7. The van der Waals surface area contributed by atoms with E-state index in [-0.39, 0.29) is 5.91 Å². The number of hydrogen-bond donors (Lipinski definition) is 1. The van der Waals surface area contributed by atoms with Gasteiger partial charge in [0.2, 0.25) is 5.91 Å². The van der Waals surface area contributed by atoms with Crippen LogP contribution >= 0.6 is 0 Å². The summed E-state index contributed by atoms with van der Waals surface area (Å²) in [6.45, 7) is 7.86. The molecule has 18 heavy (non-hydrogen) atoms. The van der Waals surface area contributed by atoms with Crippen molar-refractivity contribution in [1.82, 2.24) is 15.1 Å². The lowest BCUT2D eigenvalue weighted by molar-refractivity contribution is -0.122. The Balaban J connectivity index is 1.65. The third-order valence-electron chi connectivity index (χ3n) is 4.19. The molecule has 1 aliphatic heterocycles. The van der Waals surface area contributed by atoms with Crippen LogP contribution in [0.15, 0.2) is 0 Å². The molecule has 1 saturated heterocycles. The minimum Gasteiger partial charge on any atom is -0.355 e. The van der Waals surface area contributed by atoms with Gasteiger partial charge >= 0.3 is 0 Å². The molecule has 4 nitrogen and oxygen atoms in total. The number of nitrogens with zero attached hydrogens (tertiary/aromatic N) is 2. The van der Waals surface area contributed by atoms with Gasteiger partial charge in [0, 0.05) is 38.8 Å². The van der Waals surface area contributed by atoms with Gasteiger partial charge in [-0.05, 0) is 19.3 Å². The van der Waals surface area contributed by atoms with E-state index in [9.17, 15) is 4.79 Å². The van der Waals surface area contributed by atoms with Crippen LogP contribution in [0.3, 0.4) is 0 Å². The topological polar surface area (TPSA) is 35.6 Å². The average Bonchev–Trinajstić information content (AvgIpc) is 2.91. The molecule has 2 fully saturated rings. The summed E-state index contributed by atoms with van der Waals surface area (Å²) in [5, 5.41) is 2.95. The molecular weight excluding hydrogens is 226 g/mol. The second-order valence-corrected chi connectivity index (χ2v) is 5.60. The highest BCUT2D eigenvalue weighted by Crippen LogP contribution is 2.24. The van der Waals surface area contributed by atoms with Gasteiger partial charge in [0.1, 0.15) is 0 Å². The molecule has 0 aromatic rings. The lowest BCUT2D eigenvalue weighted by Gasteiger charge is -2.37. The van der Waals surface area contributed by atoms with Crippen LogP contribution in [0.1, 0.15) is 39.0 Å². The van der Waals surface area contributed by atoms with Gasteiger partial charge in [-0.25, -0.2) is 0 Å². The van der Waals surface area contributed by atoms with Gasteiger partial charge in [0.15, 0.2) is 0 Å². The molecule has 2 aliphatic rings. The molecule has 104 valence electrons. The summed E-state index contributed by atoms with van der Waals surface area (Å²) in [5.41, 5.74) is 0. The molecule has 2 rings (SSSR count). The highest BCUT2D eigenvalue weighted by Gasteiger charge is 2.26. The summed E-state index contributed by atoms with van der Waals surface area (Å²) < 4.78 is 0. The molecule has 1 saturated carbocycles. The Morgan fingerprint density at radius 3 is 2.44 bits per heavy atom. The van der Waals surface area contributed by atoms with Crippen LogP contribution in [0, 0.1) is 0 Å². The monoisotopic (exact) mass is 253 g/mol. The van der Waals surface area contributed by atoms with Crippen molar-refractivity contribution in [3.05, 3.63) is 0 Å². The molecule has 1 N–H and O–H groups in total. The molecule has 1 aliphatic carbocycles. The van der Waals surface area contributed by atoms with E-state index in [1.165, 1.54) is 25.7 Å². The van der Waals surface area contributed by atoms with E-state index in [2.05, 4.69) is 22.0 Å². The van der Waals surface area contributed by atoms with Crippen molar-refractivity contribution in [1.29, 1.82) is 0 Å². The maximum Gasteiger partial charge on any atom is 0.234 e. The third kappa shape index (κ3) is 3.95. The largest absolute Gasteiger partial charge is 0.355 e. The summed E-state index contributed by atoms with van der Waals surface area (Å²) in [6, 6.07) is 0.834. The van der Waals surface area contributed by atoms with Crippen molar-refractivity contribution < 1.29 is 4.79 Å². The first-order chi connectivity index (χ1) is 8.79. The van der Waals surface area contributed by atoms with E-state index in [0.29, 0.717) is 6.54 Å². The minimum atomic E-state index is 0.186. The van der Waals surface area contributed by atoms with Crippen molar-refractivity contribution in [2.45, 2.75) is 45.1 Å². The van der Waals surface area contributed by atoms with Crippen LogP contribution in [-0.2, 0) is 4.79 Å². The Kier molecular flexibility index (Phi) is 5.45. The van der Waals surface area contributed by atoms with Crippen molar-refractivity contribution >= 4 is 5.91 Å². The molecule has 0 spiro atoms. The SMILES string of the molecule is CCCNC(=O)CN1CCN(C2CCCC2)CC1. The lowest BCUT2D eigenvalue weighted by Crippen LogP contribution is -2.51. The average molecular weight is 253 g/mol. The van der Waals surface area contributed by atoms with E-state index < -0.39 is 0 Å². The Morgan fingerprint density at radius 2 is 1.83 bits per heavy atom. The first-order valence-corrected chi connectivity index (χ1v) is 7.52. The maximum atomic E-state index is 11.6. The Morgan fingerprint density at radius 1 is 1.17 bits per heavy atom. The van der Waals surface area contributed by atoms with E-state index in [0.717, 1.165) is 45.2 Å². The zero-order valence-electron chi connectivity index (χ0n) is 11.7. The Labute approximate surface area is 111 Å². The number of nitrogens with one attached hydrogen (secondary N) is 1. The summed E-state index contributed by atoms with van der Waals surface area (Å²) in [6.07, 6.45) is 6.60. The zero-order chi connectivity index (χ0) is 12.8. The molecule has 0 aromatic carbocycles. The van der Waals surface area contributed by atoms with E-state index in [4.69, 9.17) is 0 Å². The number of hydrogen-bond acceptors (Lipinski definition) is 3. The van der Waals surface area contributed by atoms with Gasteiger partial charge in [-0.3, -0.25) is 14.6 Å². The molecule has 0 atom stereocenters. The van der Waals surface area contributed by atoms with Gasteiger partial charge in [0.25, 0.3) is 0 Å². The number of rotatable bonds is 5. The Bertz CT molecular complexity index is 256. The van der Waals surface area contributed by atoms with Crippen LogP contribution in [0.4, 0.5) is 0 Å². The van der Waals surface area contributed by atoms with Gasteiger partial charge in [-0.1, -0.05) is 19.8 Å². The molecule has 1 amide bonds. The third-order valence-corrected chi connectivity index (χ3v) is 4.19. The predicted octanol–water partition coefficient (Wildman–Crippen LogP) is 1.07. The van der Waals surface area contributed by atoms with Gasteiger partial charge in [-0.2, -0.15) is 0 Å². The second kappa shape index (κ2) is 7.10. The van der Waals surface area contributed by atoms with Crippen molar-refractivity contribution in [3.8, 4) is 0 Å². The van der Waals surface area contributed by atoms with Crippen LogP contribution in [-0.4, -0.2) is 61.0 Å². The summed E-state index contributed by atoms with van der Waals surface area (Å²) in [5.74, 6) is 0.186. The highest BCUT2D eigenvalue weighted by molar-refractivity contribution is 5.77. The van der Waals surface area contributed by atoms with Crippen LogP contribution in [0.5, 0.6) is 0 Å². The lowest BCUT2D eigenvalue weighted by atomic mass is 10.2. The molecule has 1 heterocycles. The highest BCUT2D eigenvalue weighted by atomic mass is 16.2. The molecule has 0 unspecified atom stereocenters. The first kappa shape index (κ1) is 13.8. The van der Waals surface area contributed by atoms with E-state index in [1.807, 2.05) is 0 Å². The number of carbonyl (C=O) groups is 1. The van der Waals surface area contributed by atoms with Crippen LogP contribution < -0.4 is 5.32 Å². The molecule has 0 bridgehead atoms. The summed E-state index contributed by atoms with van der Waals surface area (Å²) in [7, 11) is 0. The molecule has 4 heteroatoms. The summed E-state index contributed by atoms with van der Waals surface area (Å²) in [4.78, 5) is 16.6. The van der Waals surface area contributed by atoms with Gasteiger partial charge < -0.3 is 5.32 Å². The van der Waals surface area contributed by atoms with Crippen LogP contribution in [0.25, 0.3) is 0 Å². The van der Waals surface area contributed by atoms with Crippen molar-refractivity contribution in [3.63, 3.8) is 0 Å². The minimum absolute atomic E-state index is 0.186. The smallest absolute Gasteiger partial charge is 0.234 e. The van der Waals surface area contributed by atoms with Crippen LogP contribution in [0.2, 0.25) is 0 Å². The van der Waals surface area contributed by atoms with Gasteiger partial charge in [-0.15, -0.1) is 0 Å². The standard InChI is InChI=1S/C14H27N3O/c1-2-7-15-14(18)12-16-8-10-17(11-9-16)13-5-3-4-6-13/h13H,2-12H2,1H3,(H,15,18). The quantitative estimate of drug-likeness (QED) is 0.796. The first-order valence-electron chi connectivity index (χ1n) is 7.52. The van der Waals surface area contributed by atoms with E-state index >= 15 is 0 Å². The van der Waals surface area contributed by atoms with E-state index in [1.54, 1.807) is 0 Å². The normalized spacial score (nSPS) is 23.4. The van der Waals surface area contributed by atoms with Crippen molar-refractivity contribution in [2.75, 3.05) is 39.3 Å².